The van der Waals surface area contributed by atoms with Crippen molar-refractivity contribution < 1.29 is 9.53 Å². The largest absolute Gasteiger partial charge is 0.398 e. The van der Waals surface area contributed by atoms with Gasteiger partial charge in [0.15, 0.2) is 5.78 Å². The molecule has 19 heavy (non-hydrogen) atoms. The number of ketones is 1. The van der Waals surface area contributed by atoms with Crippen LogP contribution in [0.15, 0.2) is 18.5 Å². The molecular formula is C15H22N2O2. The number of methoxy groups -OCH3 is 1. The Balaban J connectivity index is 2.15. The Bertz CT molecular complexity index is 461. The zero-order valence-corrected chi connectivity index (χ0v) is 11.7. The number of nitrogens with two attached hydrogens (primary N) is 1. The summed E-state index contributed by atoms with van der Waals surface area (Å²) in [6, 6.07) is 1.73. The molecule has 0 aromatic carbocycles. The highest BCUT2D eigenvalue weighted by Crippen LogP contribution is 2.36. The van der Waals surface area contributed by atoms with Gasteiger partial charge < -0.3 is 10.5 Å². The summed E-state index contributed by atoms with van der Waals surface area (Å²) in [7, 11) is 1.64. The Morgan fingerprint density at radius 1 is 1.63 bits per heavy atom. The topological polar surface area (TPSA) is 65.2 Å². The van der Waals surface area contributed by atoms with Crippen LogP contribution in [-0.4, -0.2) is 23.5 Å². The zero-order valence-electron chi connectivity index (χ0n) is 11.7. The van der Waals surface area contributed by atoms with Crippen LogP contribution in [0.5, 0.6) is 0 Å². The summed E-state index contributed by atoms with van der Waals surface area (Å²) in [6.45, 7) is 2.18. The van der Waals surface area contributed by atoms with Crippen molar-refractivity contribution in [3.05, 3.63) is 24.0 Å². The van der Waals surface area contributed by atoms with Crippen LogP contribution >= 0.6 is 0 Å². The minimum absolute atomic E-state index is 0.126. The van der Waals surface area contributed by atoms with E-state index in [0.717, 1.165) is 24.8 Å². The van der Waals surface area contributed by atoms with Crippen molar-refractivity contribution in [3.8, 4) is 0 Å². The number of carbonyl (C=O) groups excluding carboxylic acids is 1. The van der Waals surface area contributed by atoms with E-state index < -0.39 is 5.60 Å². The molecule has 0 radical (unpaired) electrons. The molecule has 1 aromatic heterocycles. The summed E-state index contributed by atoms with van der Waals surface area (Å²) in [6.07, 6.45) is 7.45. The number of anilines is 1. The normalized spacial score (nSPS) is 27.2. The molecule has 2 N–H and O–H groups in total. The van der Waals surface area contributed by atoms with Crippen molar-refractivity contribution in [2.24, 2.45) is 5.92 Å². The molecule has 2 unspecified atom stereocenters. The zero-order chi connectivity index (χ0) is 13.9. The molecule has 0 spiro atoms. The molecule has 2 rings (SSSR count). The van der Waals surface area contributed by atoms with Gasteiger partial charge in [-0.3, -0.25) is 9.78 Å². The number of pyridine rings is 1. The highest BCUT2D eigenvalue weighted by Gasteiger charge is 2.41. The molecule has 104 valence electrons. The Kier molecular flexibility index (Phi) is 4.20. The van der Waals surface area contributed by atoms with Crippen molar-refractivity contribution in [1.82, 2.24) is 4.98 Å². The Morgan fingerprint density at radius 3 is 3.05 bits per heavy atom. The number of nitrogen functional groups attached to an aromatic ring is 1. The van der Waals surface area contributed by atoms with Crippen molar-refractivity contribution >= 4 is 11.5 Å². The van der Waals surface area contributed by atoms with Crippen LogP contribution in [0.1, 0.15) is 38.2 Å². The number of ether oxygens (including phenoxy) is 1. The van der Waals surface area contributed by atoms with Gasteiger partial charge >= 0.3 is 0 Å². The second-order valence-electron chi connectivity index (χ2n) is 5.57. The predicted octanol–water partition coefficient (Wildman–Crippen LogP) is 2.37. The Hall–Kier alpha value is -1.42. The van der Waals surface area contributed by atoms with Crippen molar-refractivity contribution in [2.75, 3.05) is 12.8 Å². The molecule has 0 amide bonds. The fraction of sp³-hybridized carbons (Fsp3) is 0.600. The summed E-state index contributed by atoms with van der Waals surface area (Å²) in [5.74, 6) is 0.658. The lowest BCUT2D eigenvalue weighted by atomic mass is 9.75. The third-order valence-corrected chi connectivity index (χ3v) is 4.15. The minimum atomic E-state index is -0.625. The lowest BCUT2D eigenvalue weighted by molar-refractivity contribution is -0.146. The van der Waals surface area contributed by atoms with E-state index in [1.165, 1.54) is 6.42 Å². The van der Waals surface area contributed by atoms with Gasteiger partial charge in [0.05, 0.1) is 0 Å². The van der Waals surface area contributed by atoms with Crippen molar-refractivity contribution in [2.45, 2.75) is 44.6 Å². The molecule has 1 aliphatic carbocycles. The second kappa shape index (κ2) is 5.70. The van der Waals surface area contributed by atoms with Gasteiger partial charge in [0.1, 0.15) is 5.60 Å². The average molecular weight is 262 g/mol. The maximum Gasteiger partial charge on any atom is 0.169 e. The lowest BCUT2D eigenvalue weighted by Crippen LogP contribution is -2.45. The van der Waals surface area contributed by atoms with E-state index in [9.17, 15) is 4.79 Å². The van der Waals surface area contributed by atoms with Crippen LogP contribution in [0.2, 0.25) is 0 Å². The molecular weight excluding hydrogens is 240 g/mol. The Labute approximate surface area is 114 Å². The molecule has 2 atom stereocenters. The van der Waals surface area contributed by atoms with Gasteiger partial charge in [-0.25, -0.2) is 0 Å². The number of Topliss-reactive ketones (excluding diaryl/α,β-unsaturated/α-hetero) is 1. The molecule has 1 saturated carbocycles. The molecule has 4 heteroatoms. The lowest BCUT2D eigenvalue weighted by Gasteiger charge is -2.37. The van der Waals surface area contributed by atoms with Gasteiger partial charge in [-0.1, -0.05) is 13.3 Å². The van der Waals surface area contributed by atoms with E-state index in [2.05, 4.69) is 11.9 Å². The number of hydrogen-bond acceptors (Lipinski definition) is 4. The average Bonchev–Trinajstić information content (AvgIpc) is 2.41. The molecule has 4 nitrogen and oxygen atoms in total. The standard InChI is InChI=1S/C15H22N2O2/c1-11-4-3-6-15(9-11,19-2)14(18)8-12-10-17-7-5-13(12)16/h5,7,10-11H,3-4,6,8-9H2,1-2H3,(H2,16,17). The maximum atomic E-state index is 12.6. The van der Waals surface area contributed by atoms with Gasteiger partial charge in [0, 0.05) is 37.2 Å². The molecule has 1 heterocycles. The SMILES string of the molecule is COC1(C(=O)Cc2cnccc2N)CCCC(C)C1. The van der Waals surface area contributed by atoms with Gasteiger partial charge in [0.25, 0.3) is 0 Å². The van der Waals surface area contributed by atoms with Crippen LogP contribution in [0.3, 0.4) is 0 Å². The van der Waals surface area contributed by atoms with E-state index in [0.29, 0.717) is 18.0 Å². The van der Waals surface area contributed by atoms with Gasteiger partial charge in [-0.2, -0.15) is 0 Å². The summed E-state index contributed by atoms with van der Waals surface area (Å²) >= 11 is 0. The Morgan fingerprint density at radius 2 is 2.42 bits per heavy atom. The van der Waals surface area contributed by atoms with Gasteiger partial charge in [0.2, 0.25) is 0 Å². The first-order valence-corrected chi connectivity index (χ1v) is 6.84. The van der Waals surface area contributed by atoms with E-state index in [1.807, 2.05) is 0 Å². The fourth-order valence-corrected chi connectivity index (χ4v) is 2.98. The molecule has 0 saturated heterocycles. The second-order valence-corrected chi connectivity index (χ2v) is 5.57. The number of nitrogens with zero attached hydrogens (tertiary/aromatic N) is 1. The first-order chi connectivity index (χ1) is 9.07. The van der Waals surface area contributed by atoms with E-state index in [-0.39, 0.29) is 5.78 Å². The first-order valence-electron chi connectivity index (χ1n) is 6.84. The molecule has 1 fully saturated rings. The summed E-state index contributed by atoms with van der Waals surface area (Å²) < 4.78 is 5.61. The summed E-state index contributed by atoms with van der Waals surface area (Å²) in [4.78, 5) is 16.6. The van der Waals surface area contributed by atoms with Gasteiger partial charge in [-0.05, 0) is 31.2 Å². The fourth-order valence-electron chi connectivity index (χ4n) is 2.98. The van der Waals surface area contributed by atoms with Crippen LogP contribution in [0.4, 0.5) is 5.69 Å². The molecule has 1 aliphatic rings. The summed E-state index contributed by atoms with van der Waals surface area (Å²) in [5, 5.41) is 0. The van der Waals surface area contributed by atoms with E-state index in [1.54, 1.807) is 25.6 Å². The molecule has 0 aliphatic heterocycles. The van der Waals surface area contributed by atoms with E-state index >= 15 is 0 Å². The number of carbonyl (C=O) groups is 1. The third kappa shape index (κ3) is 2.95. The maximum absolute atomic E-state index is 12.6. The van der Waals surface area contributed by atoms with Crippen LogP contribution in [-0.2, 0) is 16.0 Å². The molecule has 0 bridgehead atoms. The summed E-state index contributed by atoms with van der Waals surface area (Å²) in [5.41, 5.74) is 6.67. The highest BCUT2D eigenvalue weighted by atomic mass is 16.5. The van der Waals surface area contributed by atoms with Gasteiger partial charge in [-0.15, -0.1) is 0 Å². The van der Waals surface area contributed by atoms with Crippen LogP contribution in [0, 0.1) is 5.92 Å². The predicted molar refractivity (Wildman–Crippen MR) is 74.7 cm³/mol. The third-order valence-electron chi connectivity index (χ3n) is 4.15. The smallest absolute Gasteiger partial charge is 0.169 e. The first kappa shape index (κ1) is 14.0. The minimum Gasteiger partial charge on any atom is -0.398 e. The molecule has 1 aromatic rings. The quantitative estimate of drug-likeness (QED) is 0.904. The number of aromatic nitrogens is 1. The van der Waals surface area contributed by atoms with Crippen LogP contribution in [0.25, 0.3) is 0 Å². The highest BCUT2D eigenvalue weighted by molar-refractivity contribution is 5.90. The van der Waals surface area contributed by atoms with Crippen molar-refractivity contribution in [1.29, 1.82) is 0 Å². The van der Waals surface area contributed by atoms with E-state index in [4.69, 9.17) is 10.5 Å². The number of rotatable bonds is 4. The van der Waals surface area contributed by atoms with Crippen LogP contribution < -0.4 is 5.73 Å². The monoisotopic (exact) mass is 262 g/mol. The van der Waals surface area contributed by atoms with Crippen molar-refractivity contribution in [3.63, 3.8) is 0 Å². The number of hydrogen-bond donors (Lipinski definition) is 1.